The second-order valence-corrected chi connectivity index (χ2v) is 6.57. The monoisotopic (exact) mass is 348 g/mol. The summed E-state index contributed by atoms with van der Waals surface area (Å²) in [5.41, 5.74) is 4.78. The first-order valence-corrected chi connectivity index (χ1v) is 8.33. The molecule has 0 saturated heterocycles. The molecule has 4 aromatic rings. The first-order chi connectivity index (χ1) is 12.2. The number of hydrogen-bond donors (Lipinski definition) is 0. The Morgan fingerprint density at radius 1 is 1.12 bits per heavy atom. The molecule has 0 N–H and O–H groups in total. The Kier molecular flexibility index (Phi) is 3.05. The second-order valence-electron chi connectivity index (χ2n) is 6.13. The Hall–Kier alpha value is -2.92. The molecule has 25 heavy (non-hydrogen) atoms. The van der Waals surface area contributed by atoms with Crippen molar-refractivity contribution in [2.24, 2.45) is 5.10 Å². The summed E-state index contributed by atoms with van der Waals surface area (Å²) in [6, 6.07) is 13.8. The van der Waals surface area contributed by atoms with Crippen LogP contribution in [0.3, 0.4) is 0 Å². The number of halogens is 1. The topological polar surface area (TPSA) is 56.2 Å². The van der Waals surface area contributed by atoms with E-state index < -0.39 is 0 Å². The van der Waals surface area contributed by atoms with Gasteiger partial charge in [-0.3, -0.25) is 0 Å². The summed E-state index contributed by atoms with van der Waals surface area (Å²) < 4.78 is 7.93. The van der Waals surface area contributed by atoms with Gasteiger partial charge >= 0.3 is 0 Å². The van der Waals surface area contributed by atoms with Gasteiger partial charge in [-0.2, -0.15) is 5.10 Å². The van der Waals surface area contributed by atoms with Crippen LogP contribution < -0.4 is 0 Å². The molecule has 0 bridgehead atoms. The Morgan fingerprint density at radius 2 is 1.96 bits per heavy atom. The van der Waals surface area contributed by atoms with E-state index in [0.29, 0.717) is 11.4 Å². The van der Waals surface area contributed by atoms with Crippen molar-refractivity contribution < 1.29 is 4.42 Å². The van der Waals surface area contributed by atoms with Crippen LogP contribution in [0.25, 0.3) is 11.0 Å². The van der Waals surface area contributed by atoms with Crippen LogP contribution in [0.1, 0.15) is 28.3 Å². The van der Waals surface area contributed by atoms with Crippen LogP contribution in [0.4, 0.5) is 0 Å². The summed E-state index contributed by atoms with van der Waals surface area (Å²) in [5, 5.41) is 14.7. The minimum Gasteiger partial charge on any atom is -0.454 e. The van der Waals surface area contributed by atoms with E-state index in [1.54, 1.807) is 11.0 Å². The highest BCUT2D eigenvalue weighted by Crippen LogP contribution is 2.32. The van der Waals surface area contributed by atoms with Gasteiger partial charge in [0.15, 0.2) is 11.6 Å². The molecule has 0 atom stereocenters. The zero-order chi connectivity index (χ0) is 17.0. The maximum Gasteiger partial charge on any atom is 0.159 e. The van der Waals surface area contributed by atoms with Gasteiger partial charge < -0.3 is 4.42 Å². The van der Waals surface area contributed by atoms with Gasteiger partial charge in [0, 0.05) is 28.0 Å². The second kappa shape index (κ2) is 5.29. The molecule has 2 aromatic carbocycles. The highest BCUT2D eigenvalue weighted by atomic mass is 35.5. The van der Waals surface area contributed by atoms with Crippen LogP contribution in [0.15, 0.2) is 58.3 Å². The molecule has 0 fully saturated rings. The van der Waals surface area contributed by atoms with Crippen molar-refractivity contribution in [1.82, 2.24) is 14.9 Å². The van der Waals surface area contributed by atoms with Crippen molar-refractivity contribution in [1.29, 1.82) is 0 Å². The Bertz CT molecular complexity index is 1140. The third-order valence-electron chi connectivity index (χ3n) is 4.42. The van der Waals surface area contributed by atoms with Gasteiger partial charge in [0.2, 0.25) is 0 Å². The van der Waals surface area contributed by atoms with Crippen molar-refractivity contribution in [2.45, 2.75) is 13.3 Å². The van der Waals surface area contributed by atoms with Gasteiger partial charge in [-0.15, -0.1) is 10.2 Å². The normalized spacial score (nSPS) is 13.3. The quantitative estimate of drug-likeness (QED) is 0.456. The van der Waals surface area contributed by atoms with E-state index in [4.69, 9.17) is 21.1 Å². The summed E-state index contributed by atoms with van der Waals surface area (Å²) >= 11 is 6.04. The molecule has 0 unspecified atom stereocenters. The molecule has 6 heteroatoms. The summed E-state index contributed by atoms with van der Waals surface area (Å²) in [4.78, 5) is 0. The lowest BCUT2D eigenvalue weighted by Gasteiger charge is -2.04. The smallest absolute Gasteiger partial charge is 0.159 e. The molecular weight excluding hydrogens is 336 g/mol. The van der Waals surface area contributed by atoms with E-state index in [1.807, 2.05) is 30.3 Å². The van der Waals surface area contributed by atoms with Gasteiger partial charge in [-0.25, -0.2) is 4.68 Å². The molecule has 122 valence electrons. The molecule has 1 aliphatic heterocycles. The first kappa shape index (κ1) is 14.4. The predicted octanol–water partition coefficient (Wildman–Crippen LogP) is 4.19. The lowest BCUT2D eigenvalue weighted by Crippen LogP contribution is -2.05. The molecule has 0 amide bonds. The molecule has 2 aromatic heterocycles. The van der Waals surface area contributed by atoms with Crippen LogP contribution in [-0.2, 0) is 6.42 Å². The average molecular weight is 349 g/mol. The summed E-state index contributed by atoms with van der Waals surface area (Å²) in [6.45, 7) is 2.05. The van der Waals surface area contributed by atoms with E-state index in [2.05, 4.69) is 29.3 Å². The van der Waals surface area contributed by atoms with Crippen molar-refractivity contribution in [2.75, 3.05) is 0 Å². The maximum absolute atomic E-state index is 6.22. The van der Waals surface area contributed by atoms with Gasteiger partial charge in [-0.05, 0) is 30.7 Å². The number of rotatable bonds is 1. The number of hydrogen-bond acceptors (Lipinski definition) is 4. The summed E-state index contributed by atoms with van der Waals surface area (Å²) in [5.74, 6) is 1.56. The van der Waals surface area contributed by atoms with Crippen molar-refractivity contribution in [3.8, 4) is 0 Å². The van der Waals surface area contributed by atoms with Crippen LogP contribution >= 0.6 is 11.6 Å². The molecule has 0 saturated carbocycles. The predicted molar refractivity (Wildman–Crippen MR) is 96.3 cm³/mol. The highest BCUT2D eigenvalue weighted by Gasteiger charge is 2.25. The Labute approximate surface area is 148 Å². The maximum atomic E-state index is 6.22. The van der Waals surface area contributed by atoms with E-state index in [0.717, 1.165) is 45.0 Å². The molecule has 3 heterocycles. The van der Waals surface area contributed by atoms with Crippen molar-refractivity contribution in [3.63, 3.8) is 0 Å². The number of nitrogens with zero attached hydrogens (tertiary/aromatic N) is 4. The number of fused-ring (bicyclic) bond motifs is 4. The fraction of sp³-hybridized carbons (Fsp3) is 0.105. The van der Waals surface area contributed by atoms with Gasteiger partial charge in [0.1, 0.15) is 17.6 Å². The van der Waals surface area contributed by atoms with Crippen molar-refractivity contribution in [3.05, 3.63) is 82.1 Å². The van der Waals surface area contributed by atoms with Crippen LogP contribution in [-0.4, -0.2) is 20.6 Å². The minimum atomic E-state index is 0.617. The third-order valence-corrected chi connectivity index (χ3v) is 4.67. The Morgan fingerprint density at radius 3 is 2.80 bits per heavy atom. The zero-order valence-corrected chi connectivity index (χ0v) is 14.2. The van der Waals surface area contributed by atoms with Crippen LogP contribution in [0, 0.1) is 6.92 Å². The largest absolute Gasteiger partial charge is 0.454 e. The molecule has 1 aliphatic rings. The SMILES string of the molecule is Cc1ccc2c3c(oc2c1)C(c1ccc(Cl)cc1)=Nn1cnnc1C3. The van der Waals surface area contributed by atoms with Crippen LogP contribution in [0.5, 0.6) is 0 Å². The summed E-state index contributed by atoms with van der Waals surface area (Å²) in [6.07, 6.45) is 2.23. The lowest BCUT2D eigenvalue weighted by atomic mass is 10.0. The average Bonchev–Trinajstić information content (AvgIpc) is 3.15. The van der Waals surface area contributed by atoms with Gasteiger partial charge in [0.25, 0.3) is 0 Å². The molecule has 5 rings (SSSR count). The van der Waals surface area contributed by atoms with Gasteiger partial charge in [0.05, 0.1) is 0 Å². The fourth-order valence-corrected chi connectivity index (χ4v) is 3.31. The van der Waals surface area contributed by atoms with E-state index in [9.17, 15) is 0 Å². The number of furan rings is 1. The number of benzene rings is 2. The third kappa shape index (κ3) is 2.27. The standard InChI is InChI=1S/C19H13ClN4O/c1-11-2-7-14-15-9-17-22-21-10-24(17)23-18(19(15)25-16(14)8-11)12-3-5-13(20)6-4-12/h2-8,10H,9H2,1H3. The fourth-order valence-electron chi connectivity index (χ4n) is 3.19. The number of aromatic nitrogens is 3. The summed E-state index contributed by atoms with van der Waals surface area (Å²) in [7, 11) is 0. The van der Waals surface area contributed by atoms with Gasteiger partial charge in [-0.1, -0.05) is 35.9 Å². The Balaban J connectivity index is 1.82. The molecule has 0 radical (unpaired) electrons. The zero-order valence-electron chi connectivity index (χ0n) is 13.4. The van der Waals surface area contributed by atoms with E-state index in [-0.39, 0.29) is 0 Å². The molecule has 0 aliphatic carbocycles. The minimum absolute atomic E-state index is 0.617. The van der Waals surface area contributed by atoms with Crippen molar-refractivity contribution >= 4 is 28.3 Å². The first-order valence-electron chi connectivity index (χ1n) is 7.95. The molecular formula is C19H13ClN4O. The molecule has 0 spiro atoms. The highest BCUT2D eigenvalue weighted by molar-refractivity contribution is 6.30. The van der Waals surface area contributed by atoms with Crippen LogP contribution in [0.2, 0.25) is 5.02 Å². The van der Waals surface area contributed by atoms with E-state index >= 15 is 0 Å². The van der Waals surface area contributed by atoms with E-state index in [1.165, 1.54) is 0 Å². The lowest BCUT2D eigenvalue weighted by molar-refractivity contribution is 0.600. The molecule has 5 nitrogen and oxygen atoms in total. The number of aryl methyl sites for hydroxylation is 1.